The van der Waals surface area contributed by atoms with Gasteiger partial charge in [0.1, 0.15) is 0 Å². The first-order valence-electron chi connectivity index (χ1n) is 4.57. The molecule has 7 nitrogen and oxygen atoms in total. The van der Waals surface area contributed by atoms with Gasteiger partial charge in [-0.1, -0.05) is 0 Å². The number of hydrogen-bond donors (Lipinski definition) is 3. The minimum Gasteiger partial charge on any atom is -0.331 e. The Kier molecular flexibility index (Phi) is 4.35. The monoisotopic (exact) mass is 254 g/mol. The first-order chi connectivity index (χ1) is 7.99. The van der Waals surface area contributed by atoms with Gasteiger partial charge in [0.05, 0.1) is 4.92 Å². The lowest BCUT2D eigenvalue weighted by atomic mass is 10.3. The number of amides is 1. The number of carbonyl (C=O) groups is 1. The van der Waals surface area contributed by atoms with E-state index in [9.17, 15) is 14.9 Å². The summed E-state index contributed by atoms with van der Waals surface area (Å²) < 4.78 is 0. The highest BCUT2D eigenvalue weighted by atomic mass is 32.1. The van der Waals surface area contributed by atoms with E-state index in [1.807, 2.05) is 0 Å². The van der Waals surface area contributed by atoms with Crippen LogP contribution in [-0.2, 0) is 4.79 Å². The normalized spacial score (nSPS) is 9.24. The molecule has 0 aliphatic rings. The Balaban J connectivity index is 2.54. The number of non-ortho nitro benzene ring substituents is 1. The topological polar surface area (TPSA) is 96.3 Å². The lowest BCUT2D eigenvalue weighted by Gasteiger charge is -2.09. The molecular weight excluding hydrogens is 244 g/mol. The Labute approximate surface area is 102 Å². The van der Waals surface area contributed by atoms with E-state index in [0.29, 0.717) is 5.69 Å². The van der Waals surface area contributed by atoms with Crippen LogP contribution in [0.4, 0.5) is 11.4 Å². The summed E-state index contributed by atoms with van der Waals surface area (Å²) in [6.45, 7) is 1.33. The molecule has 90 valence electrons. The van der Waals surface area contributed by atoms with Gasteiger partial charge >= 0.3 is 0 Å². The van der Waals surface area contributed by atoms with Crippen molar-refractivity contribution >= 4 is 34.6 Å². The molecule has 0 aromatic heterocycles. The number of nitrogens with one attached hydrogen (secondary N) is 3. The van der Waals surface area contributed by atoms with Crippen LogP contribution in [0.1, 0.15) is 6.92 Å². The average Bonchev–Trinajstić information content (AvgIpc) is 2.27. The fourth-order valence-electron chi connectivity index (χ4n) is 0.974. The smallest absolute Gasteiger partial charge is 0.269 e. The molecule has 0 fully saturated rings. The van der Waals surface area contributed by atoms with Gasteiger partial charge in [-0.05, 0) is 24.4 Å². The highest BCUT2D eigenvalue weighted by Crippen LogP contribution is 2.14. The van der Waals surface area contributed by atoms with Crippen LogP contribution in [0.3, 0.4) is 0 Å². The Morgan fingerprint density at radius 2 is 1.88 bits per heavy atom. The molecular formula is C9H10N4O3S. The first kappa shape index (κ1) is 12.8. The van der Waals surface area contributed by atoms with Crippen LogP contribution < -0.4 is 16.2 Å². The maximum absolute atomic E-state index is 10.6. The minimum absolute atomic E-state index is 0.00344. The SMILES string of the molecule is CC(=O)NNC(=S)Nc1ccc([N+](=O)[O-])cc1. The zero-order valence-electron chi connectivity index (χ0n) is 8.89. The van der Waals surface area contributed by atoms with Gasteiger partial charge in [-0.2, -0.15) is 0 Å². The van der Waals surface area contributed by atoms with Crippen LogP contribution in [0, 0.1) is 10.1 Å². The van der Waals surface area contributed by atoms with E-state index in [0.717, 1.165) is 0 Å². The van der Waals surface area contributed by atoms with Gasteiger partial charge in [0, 0.05) is 24.7 Å². The summed E-state index contributed by atoms with van der Waals surface area (Å²) in [5.74, 6) is -0.280. The van der Waals surface area contributed by atoms with Crippen LogP contribution in [0.25, 0.3) is 0 Å². The molecule has 8 heteroatoms. The summed E-state index contributed by atoms with van der Waals surface area (Å²) in [4.78, 5) is 20.5. The molecule has 1 aromatic carbocycles. The van der Waals surface area contributed by atoms with Crippen LogP contribution in [0.2, 0.25) is 0 Å². The fourth-order valence-corrected chi connectivity index (χ4v) is 1.14. The van der Waals surface area contributed by atoms with Crippen molar-refractivity contribution in [3.8, 4) is 0 Å². The molecule has 1 amide bonds. The Hall–Kier alpha value is -2.22. The van der Waals surface area contributed by atoms with E-state index >= 15 is 0 Å². The van der Waals surface area contributed by atoms with Gasteiger partial charge in [-0.3, -0.25) is 25.8 Å². The molecule has 0 bridgehead atoms. The summed E-state index contributed by atoms with van der Waals surface area (Å²) in [6, 6.07) is 5.73. The van der Waals surface area contributed by atoms with Gasteiger partial charge in [-0.15, -0.1) is 0 Å². The number of hydrazine groups is 1. The Morgan fingerprint density at radius 1 is 1.29 bits per heavy atom. The number of benzene rings is 1. The zero-order valence-corrected chi connectivity index (χ0v) is 9.71. The van der Waals surface area contributed by atoms with Crippen LogP contribution >= 0.6 is 12.2 Å². The maximum atomic E-state index is 10.6. The number of anilines is 1. The molecule has 0 unspecified atom stereocenters. The summed E-state index contributed by atoms with van der Waals surface area (Å²) in [5.41, 5.74) is 5.33. The van der Waals surface area contributed by atoms with E-state index in [1.165, 1.54) is 31.2 Å². The van der Waals surface area contributed by atoms with Crippen molar-refractivity contribution in [3.63, 3.8) is 0 Å². The summed E-state index contributed by atoms with van der Waals surface area (Å²) in [7, 11) is 0. The zero-order chi connectivity index (χ0) is 12.8. The third kappa shape index (κ3) is 4.43. The molecule has 0 aliphatic heterocycles. The van der Waals surface area contributed by atoms with Crippen molar-refractivity contribution < 1.29 is 9.72 Å². The van der Waals surface area contributed by atoms with Crippen molar-refractivity contribution in [2.75, 3.05) is 5.32 Å². The second kappa shape index (κ2) is 5.75. The molecule has 0 saturated carbocycles. The largest absolute Gasteiger partial charge is 0.331 e. The first-order valence-corrected chi connectivity index (χ1v) is 4.98. The van der Waals surface area contributed by atoms with Crippen LogP contribution in [0.15, 0.2) is 24.3 Å². The Bertz CT molecular complexity index is 446. The van der Waals surface area contributed by atoms with Crippen LogP contribution in [-0.4, -0.2) is 15.9 Å². The molecule has 3 N–H and O–H groups in total. The van der Waals surface area contributed by atoms with Crippen molar-refractivity contribution in [2.45, 2.75) is 6.92 Å². The molecule has 0 aliphatic carbocycles. The molecule has 1 rings (SSSR count). The summed E-state index contributed by atoms with van der Waals surface area (Å²) in [5, 5.41) is 13.3. The van der Waals surface area contributed by atoms with Crippen LogP contribution in [0.5, 0.6) is 0 Å². The van der Waals surface area contributed by atoms with E-state index < -0.39 is 4.92 Å². The van der Waals surface area contributed by atoms with Gasteiger partial charge in [0.15, 0.2) is 5.11 Å². The third-order valence-electron chi connectivity index (χ3n) is 1.69. The predicted octanol–water partition coefficient (Wildman–Crippen LogP) is 0.932. The molecule has 0 atom stereocenters. The number of nitro benzene ring substituents is 1. The Morgan fingerprint density at radius 3 is 2.35 bits per heavy atom. The standard InChI is InChI=1S/C9H10N4O3S/c1-6(14)11-12-9(17)10-7-2-4-8(5-3-7)13(15)16/h2-5H,1H3,(H,11,14)(H2,10,12,17). The number of carbonyl (C=O) groups excluding carboxylic acids is 1. The molecule has 17 heavy (non-hydrogen) atoms. The number of hydrogen-bond acceptors (Lipinski definition) is 4. The van der Waals surface area contributed by atoms with E-state index in [2.05, 4.69) is 16.2 Å². The minimum atomic E-state index is -0.488. The van der Waals surface area contributed by atoms with Crippen molar-refractivity contribution in [2.24, 2.45) is 0 Å². The molecule has 0 radical (unpaired) electrons. The molecule has 0 heterocycles. The van der Waals surface area contributed by atoms with Gasteiger partial charge in [-0.25, -0.2) is 0 Å². The number of nitro groups is 1. The predicted molar refractivity (Wildman–Crippen MR) is 66.3 cm³/mol. The number of thiocarbonyl (C=S) groups is 1. The summed E-state index contributed by atoms with van der Waals surface area (Å²) >= 11 is 4.87. The maximum Gasteiger partial charge on any atom is 0.269 e. The second-order valence-electron chi connectivity index (χ2n) is 3.06. The second-order valence-corrected chi connectivity index (χ2v) is 3.47. The number of rotatable bonds is 2. The molecule has 0 spiro atoms. The van der Waals surface area contributed by atoms with E-state index in [1.54, 1.807) is 0 Å². The van der Waals surface area contributed by atoms with Gasteiger partial charge < -0.3 is 5.32 Å². The lowest BCUT2D eigenvalue weighted by molar-refractivity contribution is -0.384. The fraction of sp³-hybridized carbons (Fsp3) is 0.111. The average molecular weight is 254 g/mol. The summed E-state index contributed by atoms with van der Waals surface area (Å²) in [6.07, 6.45) is 0. The highest BCUT2D eigenvalue weighted by Gasteiger charge is 2.04. The lowest BCUT2D eigenvalue weighted by Crippen LogP contribution is -2.42. The number of nitrogens with zero attached hydrogens (tertiary/aromatic N) is 1. The highest BCUT2D eigenvalue weighted by molar-refractivity contribution is 7.80. The molecule has 0 saturated heterocycles. The van der Waals surface area contributed by atoms with Crippen molar-refractivity contribution in [1.29, 1.82) is 0 Å². The quantitative estimate of drug-likeness (QED) is 0.413. The molecule has 1 aromatic rings. The van der Waals surface area contributed by atoms with E-state index in [4.69, 9.17) is 12.2 Å². The van der Waals surface area contributed by atoms with Gasteiger partial charge in [0.2, 0.25) is 5.91 Å². The van der Waals surface area contributed by atoms with Crippen molar-refractivity contribution in [3.05, 3.63) is 34.4 Å². The van der Waals surface area contributed by atoms with Gasteiger partial charge in [0.25, 0.3) is 5.69 Å². The third-order valence-corrected chi connectivity index (χ3v) is 1.89. The van der Waals surface area contributed by atoms with E-state index in [-0.39, 0.29) is 16.7 Å². The van der Waals surface area contributed by atoms with Crippen molar-refractivity contribution in [1.82, 2.24) is 10.9 Å².